The van der Waals surface area contributed by atoms with Crippen LogP contribution in [-0.4, -0.2) is 86.6 Å². The number of likely N-dealkylation sites (tertiary alicyclic amines) is 1. The molecule has 23 heavy (non-hydrogen) atoms. The van der Waals surface area contributed by atoms with E-state index in [1.54, 1.807) is 0 Å². The van der Waals surface area contributed by atoms with E-state index in [0.717, 1.165) is 38.1 Å². The summed E-state index contributed by atoms with van der Waals surface area (Å²) in [4.78, 5) is 12.4. The van der Waals surface area contributed by atoms with Crippen molar-refractivity contribution in [2.45, 2.75) is 33.6 Å². The molecular weight excluding hydrogens is 286 g/mol. The molecule has 134 valence electrons. The largest absolute Gasteiger partial charge is 0.357 e. The molecule has 0 aromatic rings. The molecule has 2 rings (SSSR count). The van der Waals surface area contributed by atoms with Gasteiger partial charge in [-0.05, 0) is 38.6 Å². The van der Waals surface area contributed by atoms with Crippen molar-refractivity contribution in [2.24, 2.45) is 16.8 Å². The maximum absolute atomic E-state index is 4.94. The van der Waals surface area contributed by atoms with Crippen LogP contribution in [0.5, 0.6) is 0 Å². The van der Waals surface area contributed by atoms with Gasteiger partial charge in [-0.2, -0.15) is 0 Å². The lowest BCUT2D eigenvalue weighted by Gasteiger charge is -2.34. The second-order valence-corrected chi connectivity index (χ2v) is 7.57. The lowest BCUT2D eigenvalue weighted by Crippen LogP contribution is -2.47. The monoisotopic (exact) mass is 323 g/mol. The van der Waals surface area contributed by atoms with Gasteiger partial charge < -0.3 is 20.0 Å². The average Bonchev–Trinajstić information content (AvgIpc) is 2.54. The first-order chi connectivity index (χ1) is 11.1. The van der Waals surface area contributed by atoms with Crippen molar-refractivity contribution < 1.29 is 0 Å². The second-order valence-electron chi connectivity index (χ2n) is 7.57. The fraction of sp³-hybridized carbons (Fsp3) is 0.944. The molecule has 0 radical (unpaired) electrons. The summed E-state index contributed by atoms with van der Waals surface area (Å²) in [6.45, 7) is 17.0. The van der Waals surface area contributed by atoms with Crippen LogP contribution in [-0.2, 0) is 0 Å². The van der Waals surface area contributed by atoms with Crippen molar-refractivity contribution in [3.8, 4) is 0 Å². The summed E-state index contributed by atoms with van der Waals surface area (Å²) in [5.41, 5.74) is 0. The summed E-state index contributed by atoms with van der Waals surface area (Å²) in [7, 11) is 2.22. The SMILES string of the molecule is CCNC(=NCC(C)CN1CCN(C)CC1)N1CCC(C)CC1. The Kier molecular flexibility index (Phi) is 7.63. The van der Waals surface area contributed by atoms with E-state index in [-0.39, 0.29) is 0 Å². The number of likely N-dealkylation sites (N-methyl/N-ethyl adjacent to an activating group) is 1. The predicted octanol–water partition coefficient (Wildman–Crippen LogP) is 1.57. The van der Waals surface area contributed by atoms with Crippen LogP contribution in [0.4, 0.5) is 0 Å². The molecule has 1 atom stereocenters. The number of guanidine groups is 1. The molecule has 0 bridgehead atoms. The van der Waals surface area contributed by atoms with Crippen LogP contribution in [0, 0.1) is 11.8 Å². The van der Waals surface area contributed by atoms with E-state index in [0.29, 0.717) is 5.92 Å². The van der Waals surface area contributed by atoms with Crippen LogP contribution in [0.1, 0.15) is 33.6 Å². The summed E-state index contributed by atoms with van der Waals surface area (Å²) in [5.74, 6) is 2.62. The molecule has 1 N–H and O–H groups in total. The summed E-state index contributed by atoms with van der Waals surface area (Å²) in [6.07, 6.45) is 2.59. The van der Waals surface area contributed by atoms with Crippen molar-refractivity contribution >= 4 is 5.96 Å². The Labute approximate surface area is 143 Å². The molecule has 0 aliphatic carbocycles. The molecule has 1 unspecified atom stereocenters. The van der Waals surface area contributed by atoms with Gasteiger partial charge >= 0.3 is 0 Å². The third-order valence-corrected chi connectivity index (χ3v) is 5.14. The number of rotatable bonds is 5. The van der Waals surface area contributed by atoms with E-state index >= 15 is 0 Å². The Hall–Kier alpha value is -0.810. The van der Waals surface area contributed by atoms with Crippen LogP contribution in [0.15, 0.2) is 4.99 Å². The van der Waals surface area contributed by atoms with E-state index < -0.39 is 0 Å². The number of piperidine rings is 1. The molecule has 0 spiro atoms. The fourth-order valence-electron chi connectivity index (χ4n) is 3.42. The zero-order chi connectivity index (χ0) is 16.7. The molecular formula is C18H37N5. The summed E-state index contributed by atoms with van der Waals surface area (Å²) >= 11 is 0. The molecule has 2 heterocycles. The van der Waals surface area contributed by atoms with Crippen LogP contribution in [0.2, 0.25) is 0 Å². The van der Waals surface area contributed by atoms with Crippen molar-refractivity contribution in [3.05, 3.63) is 0 Å². The number of nitrogens with zero attached hydrogens (tertiary/aromatic N) is 4. The van der Waals surface area contributed by atoms with Gasteiger partial charge in [0, 0.05) is 58.9 Å². The quantitative estimate of drug-likeness (QED) is 0.615. The minimum Gasteiger partial charge on any atom is -0.357 e. The lowest BCUT2D eigenvalue weighted by atomic mass is 9.99. The second kappa shape index (κ2) is 9.48. The highest BCUT2D eigenvalue weighted by atomic mass is 15.3. The smallest absolute Gasteiger partial charge is 0.193 e. The first-order valence-corrected chi connectivity index (χ1v) is 9.52. The molecule has 0 amide bonds. The molecule has 2 saturated heterocycles. The number of hydrogen-bond acceptors (Lipinski definition) is 3. The Morgan fingerprint density at radius 3 is 2.39 bits per heavy atom. The van der Waals surface area contributed by atoms with Gasteiger partial charge in [0.1, 0.15) is 0 Å². The standard InChI is InChI=1S/C18H37N5/c1-5-19-18(23-8-6-16(2)7-9-23)20-14-17(3)15-22-12-10-21(4)11-13-22/h16-17H,5-15H2,1-4H3,(H,19,20). The first kappa shape index (κ1) is 18.5. The first-order valence-electron chi connectivity index (χ1n) is 9.52. The molecule has 2 aliphatic rings. The number of piperazine rings is 1. The minimum absolute atomic E-state index is 0.621. The van der Waals surface area contributed by atoms with Gasteiger partial charge in [0.2, 0.25) is 0 Å². The van der Waals surface area contributed by atoms with E-state index in [1.165, 1.54) is 45.6 Å². The third-order valence-electron chi connectivity index (χ3n) is 5.14. The fourth-order valence-corrected chi connectivity index (χ4v) is 3.42. The van der Waals surface area contributed by atoms with Crippen LogP contribution in [0.3, 0.4) is 0 Å². The molecule has 2 aliphatic heterocycles. The Bertz CT molecular complexity index is 354. The predicted molar refractivity (Wildman–Crippen MR) is 99.1 cm³/mol. The lowest BCUT2D eigenvalue weighted by molar-refractivity contribution is 0.140. The van der Waals surface area contributed by atoms with Gasteiger partial charge in [0.05, 0.1) is 0 Å². The molecule has 2 fully saturated rings. The van der Waals surface area contributed by atoms with Crippen molar-refractivity contribution in [1.29, 1.82) is 0 Å². The minimum atomic E-state index is 0.621. The number of aliphatic imine (C=N–C) groups is 1. The van der Waals surface area contributed by atoms with E-state index in [2.05, 4.69) is 47.8 Å². The maximum Gasteiger partial charge on any atom is 0.193 e. The van der Waals surface area contributed by atoms with Gasteiger partial charge in [-0.15, -0.1) is 0 Å². The summed E-state index contributed by atoms with van der Waals surface area (Å²) < 4.78 is 0. The Morgan fingerprint density at radius 2 is 1.78 bits per heavy atom. The van der Waals surface area contributed by atoms with Gasteiger partial charge in [-0.1, -0.05) is 13.8 Å². The normalized spacial score (nSPS) is 24.0. The molecule has 0 aromatic carbocycles. The Balaban J connectivity index is 1.79. The molecule has 5 heteroatoms. The zero-order valence-electron chi connectivity index (χ0n) is 15.7. The van der Waals surface area contributed by atoms with E-state index in [1.807, 2.05) is 0 Å². The van der Waals surface area contributed by atoms with Crippen molar-refractivity contribution in [2.75, 3.05) is 66.0 Å². The molecule has 0 saturated carbocycles. The van der Waals surface area contributed by atoms with Crippen LogP contribution >= 0.6 is 0 Å². The summed E-state index contributed by atoms with van der Waals surface area (Å²) in [5, 5.41) is 3.49. The van der Waals surface area contributed by atoms with Gasteiger partial charge in [0.25, 0.3) is 0 Å². The van der Waals surface area contributed by atoms with Crippen LogP contribution in [0.25, 0.3) is 0 Å². The van der Waals surface area contributed by atoms with E-state index in [9.17, 15) is 0 Å². The number of hydrogen-bond donors (Lipinski definition) is 1. The molecule has 0 aromatic heterocycles. The summed E-state index contributed by atoms with van der Waals surface area (Å²) in [6, 6.07) is 0. The number of nitrogens with one attached hydrogen (secondary N) is 1. The Morgan fingerprint density at radius 1 is 1.13 bits per heavy atom. The van der Waals surface area contributed by atoms with Crippen LogP contribution < -0.4 is 5.32 Å². The van der Waals surface area contributed by atoms with Gasteiger partial charge in [-0.3, -0.25) is 4.99 Å². The topological polar surface area (TPSA) is 34.1 Å². The highest BCUT2D eigenvalue weighted by molar-refractivity contribution is 5.80. The highest BCUT2D eigenvalue weighted by Crippen LogP contribution is 2.16. The highest BCUT2D eigenvalue weighted by Gasteiger charge is 2.19. The van der Waals surface area contributed by atoms with Gasteiger partial charge in [-0.25, -0.2) is 0 Å². The van der Waals surface area contributed by atoms with Crippen molar-refractivity contribution in [1.82, 2.24) is 20.0 Å². The molecule has 5 nitrogen and oxygen atoms in total. The van der Waals surface area contributed by atoms with Crippen molar-refractivity contribution in [3.63, 3.8) is 0 Å². The van der Waals surface area contributed by atoms with E-state index in [4.69, 9.17) is 4.99 Å². The maximum atomic E-state index is 4.94. The zero-order valence-corrected chi connectivity index (χ0v) is 15.7. The average molecular weight is 324 g/mol. The third kappa shape index (κ3) is 6.30. The van der Waals surface area contributed by atoms with Gasteiger partial charge in [0.15, 0.2) is 5.96 Å².